The van der Waals surface area contributed by atoms with Crippen molar-refractivity contribution in [2.24, 2.45) is 0 Å². The Balaban J connectivity index is 1.69. The van der Waals surface area contributed by atoms with Crippen molar-refractivity contribution in [1.82, 2.24) is 4.98 Å². The third-order valence-corrected chi connectivity index (χ3v) is 7.34. The molecule has 2 heterocycles. The molecule has 8 heteroatoms. The van der Waals surface area contributed by atoms with E-state index in [4.69, 9.17) is 14.5 Å². The second-order valence-electron chi connectivity index (χ2n) is 8.82. The number of Topliss-reactive ketones (excluding diaryl/α,β-unsaturated/α-hetero) is 1. The number of aliphatic hydroxyl groups excluding tert-OH is 1. The standard InChI is InChI=1S/C29H26N2O5S/c1-5-36-21-12-8-19(9-13-21)26(32)23-25(18-6-10-20(35-4)11-7-18)31(28(34)27(23)33)29-30-24-17(3)14-16(2)15-22(24)37-29/h6-15,25,32H,5H2,1-4H3. The van der Waals surface area contributed by atoms with Gasteiger partial charge in [-0.05, 0) is 79.9 Å². The van der Waals surface area contributed by atoms with Crippen LogP contribution in [0.1, 0.15) is 35.2 Å². The number of nitrogens with zero attached hydrogens (tertiary/aromatic N) is 2. The lowest BCUT2D eigenvalue weighted by atomic mass is 9.95. The van der Waals surface area contributed by atoms with Gasteiger partial charge >= 0.3 is 5.91 Å². The fourth-order valence-corrected chi connectivity index (χ4v) is 5.79. The molecular weight excluding hydrogens is 488 g/mol. The van der Waals surface area contributed by atoms with Crippen LogP contribution in [0.3, 0.4) is 0 Å². The van der Waals surface area contributed by atoms with Gasteiger partial charge in [0.15, 0.2) is 5.13 Å². The highest BCUT2D eigenvalue weighted by molar-refractivity contribution is 7.22. The van der Waals surface area contributed by atoms with E-state index < -0.39 is 17.7 Å². The van der Waals surface area contributed by atoms with Gasteiger partial charge in [0.1, 0.15) is 17.3 Å². The van der Waals surface area contributed by atoms with E-state index in [1.807, 2.05) is 32.9 Å². The third-order valence-electron chi connectivity index (χ3n) is 6.34. The number of carbonyl (C=O) groups is 2. The molecule has 1 fully saturated rings. The Hall–Kier alpha value is -4.17. The molecule has 7 nitrogen and oxygen atoms in total. The van der Waals surface area contributed by atoms with E-state index in [9.17, 15) is 14.7 Å². The maximum Gasteiger partial charge on any atom is 0.301 e. The number of hydrogen-bond acceptors (Lipinski definition) is 7. The van der Waals surface area contributed by atoms with Crippen molar-refractivity contribution in [3.8, 4) is 11.5 Å². The van der Waals surface area contributed by atoms with E-state index in [2.05, 4.69) is 0 Å². The number of thiazole rings is 1. The van der Waals surface area contributed by atoms with Gasteiger partial charge in [-0.1, -0.05) is 29.5 Å². The van der Waals surface area contributed by atoms with E-state index in [1.165, 1.54) is 16.2 Å². The van der Waals surface area contributed by atoms with Crippen molar-refractivity contribution in [3.05, 3.63) is 88.5 Å². The summed E-state index contributed by atoms with van der Waals surface area (Å²) in [6, 6.07) is 17.1. The van der Waals surface area contributed by atoms with Crippen LogP contribution in [0.15, 0.2) is 66.2 Å². The molecule has 37 heavy (non-hydrogen) atoms. The summed E-state index contributed by atoms with van der Waals surface area (Å²) in [5, 5.41) is 11.7. The Kier molecular flexibility index (Phi) is 6.43. The number of anilines is 1. The van der Waals surface area contributed by atoms with E-state index in [0.717, 1.165) is 21.3 Å². The first kappa shape index (κ1) is 24.5. The molecule has 0 spiro atoms. The number of ether oxygens (including phenoxy) is 2. The minimum absolute atomic E-state index is 0.00600. The lowest BCUT2D eigenvalue weighted by molar-refractivity contribution is -0.132. The summed E-state index contributed by atoms with van der Waals surface area (Å²) in [6.07, 6.45) is 0. The van der Waals surface area contributed by atoms with Gasteiger partial charge in [-0.3, -0.25) is 14.5 Å². The maximum absolute atomic E-state index is 13.5. The Morgan fingerprint density at radius 1 is 1.03 bits per heavy atom. The number of rotatable bonds is 6. The predicted molar refractivity (Wildman–Crippen MR) is 144 cm³/mol. The molecule has 188 valence electrons. The van der Waals surface area contributed by atoms with Crippen LogP contribution in [0, 0.1) is 13.8 Å². The molecule has 3 aromatic carbocycles. The molecule has 0 radical (unpaired) electrons. The SMILES string of the molecule is CCOc1ccc(C(O)=C2C(=O)C(=O)N(c3nc4c(C)cc(C)cc4s3)C2c2ccc(OC)cc2)cc1. The minimum Gasteiger partial charge on any atom is -0.507 e. The summed E-state index contributed by atoms with van der Waals surface area (Å²) in [5.74, 6) is -0.469. The van der Waals surface area contributed by atoms with Crippen LogP contribution >= 0.6 is 11.3 Å². The molecule has 0 saturated carbocycles. The van der Waals surface area contributed by atoms with Crippen LogP contribution in [-0.4, -0.2) is 35.5 Å². The zero-order valence-corrected chi connectivity index (χ0v) is 21.8. The Morgan fingerprint density at radius 2 is 1.70 bits per heavy atom. The van der Waals surface area contributed by atoms with Gasteiger partial charge in [-0.15, -0.1) is 0 Å². The number of amides is 1. The molecular formula is C29H26N2O5S. The average Bonchev–Trinajstić information content (AvgIpc) is 3.43. The normalized spacial score (nSPS) is 17.0. The second kappa shape index (κ2) is 9.71. The highest BCUT2D eigenvalue weighted by Gasteiger charge is 2.48. The quantitative estimate of drug-likeness (QED) is 0.194. The smallest absolute Gasteiger partial charge is 0.301 e. The summed E-state index contributed by atoms with van der Waals surface area (Å²) in [5.41, 5.74) is 3.93. The number of ketones is 1. The fourth-order valence-electron chi connectivity index (χ4n) is 4.62. The summed E-state index contributed by atoms with van der Waals surface area (Å²) in [4.78, 5) is 33.1. The van der Waals surface area contributed by atoms with Gasteiger partial charge in [0.2, 0.25) is 0 Å². The van der Waals surface area contributed by atoms with E-state index in [1.54, 1.807) is 55.6 Å². The largest absolute Gasteiger partial charge is 0.507 e. The van der Waals surface area contributed by atoms with E-state index in [0.29, 0.717) is 34.4 Å². The van der Waals surface area contributed by atoms with Crippen molar-refractivity contribution >= 4 is 44.1 Å². The molecule has 1 atom stereocenters. The highest BCUT2D eigenvalue weighted by atomic mass is 32.1. The summed E-state index contributed by atoms with van der Waals surface area (Å²) in [7, 11) is 1.57. The highest BCUT2D eigenvalue weighted by Crippen LogP contribution is 2.45. The average molecular weight is 515 g/mol. The summed E-state index contributed by atoms with van der Waals surface area (Å²) in [6.45, 7) is 6.37. The lowest BCUT2D eigenvalue weighted by Crippen LogP contribution is -2.29. The first-order chi connectivity index (χ1) is 17.8. The maximum atomic E-state index is 13.5. The number of hydrogen-bond donors (Lipinski definition) is 1. The number of carbonyl (C=O) groups excluding carboxylic acids is 2. The number of aliphatic hydroxyl groups is 1. The Bertz CT molecular complexity index is 1540. The summed E-state index contributed by atoms with van der Waals surface area (Å²) >= 11 is 1.35. The number of benzene rings is 3. The van der Waals surface area contributed by atoms with Crippen molar-refractivity contribution in [3.63, 3.8) is 0 Å². The fraction of sp³-hybridized carbons (Fsp3) is 0.207. The van der Waals surface area contributed by atoms with Crippen LogP contribution in [0.4, 0.5) is 5.13 Å². The number of fused-ring (bicyclic) bond motifs is 1. The summed E-state index contributed by atoms with van der Waals surface area (Å²) < 4.78 is 11.7. The van der Waals surface area contributed by atoms with E-state index >= 15 is 0 Å². The molecule has 4 aromatic rings. The van der Waals surface area contributed by atoms with Gasteiger partial charge in [0.25, 0.3) is 5.78 Å². The molecule has 1 amide bonds. The van der Waals surface area contributed by atoms with Crippen LogP contribution in [-0.2, 0) is 9.59 Å². The number of aromatic nitrogens is 1. The Morgan fingerprint density at radius 3 is 2.35 bits per heavy atom. The zero-order valence-electron chi connectivity index (χ0n) is 20.9. The molecule has 1 saturated heterocycles. The predicted octanol–water partition coefficient (Wildman–Crippen LogP) is 5.95. The zero-order chi connectivity index (χ0) is 26.3. The van der Waals surface area contributed by atoms with Crippen LogP contribution in [0.2, 0.25) is 0 Å². The van der Waals surface area contributed by atoms with Gasteiger partial charge in [-0.25, -0.2) is 4.98 Å². The van der Waals surface area contributed by atoms with Crippen LogP contribution in [0.25, 0.3) is 16.0 Å². The molecule has 1 aromatic heterocycles. The van der Waals surface area contributed by atoms with Gasteiger partial charge < -0.3 is 14.6 Å². The van der Waals surface area contributed by atoms with Crippen molar-refractivity contribution in [2.45, 2.75) is 26.8 Å². The van der Waals surface area contributed by atoms with Crippen molar-refractivity contribution < 1.29 is 24.2 Å². The van der Waals surface area contributed by atoms with E-state index in [-0.39, 0.29) is 11.3 Å². The van der Waals surface area contributed by atoms with Gasteiger partial charge in [-0.2, -0.15) is 0 Å². The van der Waals surface area contributed by atoms with Gasteiger partial charge in [0, 0.05) is 5.56 Å². The number of aryl methyl sites for hydroxylation is 2. The van der Waals surface area contributed by atoms with Crippen LogP contribution in [0.5, 0.6) is 11.5 Å². The molecule has 1 aliphatic heterocycles. The molecule has 5 rings (SSSR count). The lowest BCUT2D eigenvalue weighted by Gasteiger charge is -2.23. The molecule has 1 N–H and O–H groups in total. The van der Waals surface area contributed by atoms with Crippen molar-refractivity contribution in [1.29, 1.82) is 0 Å². The molecule has 0 aliphatic carbocycles. The monoisotopic (exact) mass is 514 g/mol. The topological polar surface area (TPSA) is 89.0 Å². The third kappa shape index (κ3) is 4.34. The number of methoxy groups -OCH3 is 1. The first-order valence-corrected chi connectivity index (χ1v) is 12.7. The molecule has 1 aliphatic rings. The van der Waals surface area contributed by atoms with Gasteiger partial charge in [0.05, 0.1) is 35.5 Å². The molecule has 1 unspecified atom stereocenters. The van der Waals surface area contributed by atoms with Crippen LogP contribution < -0.4 is 14.4 Å². The van der Waals surface area contributed by atoms with Crippen molar-refractivity contribution in [2.75, 3.05) is 18.6 Å². The second-order valence-corrected chi connectivity index (χ2v) is 9.83. The Labute approximate surface area is 218 Å². The molecule has 0 bridgehead atoms. The first-order valence-electron chi connectivity index (χ1n) is 11.9. The minimum atomic E-state index is -0.862.